The van der Waals surface area contributed by atoms with Crippen molar-refractivity contribution in [2.45, 2.75) is 18.7 Å². The molecule has 29 heavy (non-hydrogen) atoms. The molecule has 0 saturated heterocycles. The number of rotatable bonds is 9. The molecular weight excluding hydrogens is 394 g/mol. The fourth-order valence-electron chi connectivity index (χ4n) is 2.66. The van der Waals surface area contributed by atoms with Gasteiger partial charge in [-0.05, 0) is 30.3 Å². The molecule has 0 aromatic heterocycles. The molecule has 0 atom stereocenters. The molecule has 8 nitrogen and oxygen atoms in total. The summed E-state index contributed by atoms with van der Waals surface area (Å²) in [7, 11) is -0.577. The Morgan fingerprint density at radius 1 is 1.10 bits per heavy atom. The topological polar surface area (TPSA) is 97.3 Å². The van der Waals surface area contributed by atoms with Crippen LogP contribution in [-0.2, 0) is 10.0 Å². The quantitative estimate of drug-likeness (QED) is 0.498. The van der Waals surface area contributed by atoms with Gasteiger partial charge in [-0.3, -0.25) is 4.79 Å². The first kappa shape index (κ1) is 22.4. The number of nitrogens with zero attached hydrogens (tertiary/aromatic N) is 2. The highest BCUT2D eigenvalue weighted by Crippen LogP contribution is 2.23. The fourth-order valence-corrected chi connectivity index (χ4v) is 4.16. The van der Waals surface area contributed by atoms with Crippen LogP contribution >= 0.6 is 0 Å². The molecule has 9 heteroatoms. The van der Waals surface area contributed by atoms with Gasteiger partial charge in [0.05, 0.1) is 25.3 Å². The molecule has 0 aliphatic carbocycles. The molecule has 1 amide bonds. The van der Waals surface area contributed by atoms with E-state index in [0.717, 1.165) is 0 Å². The zero-order chi connectivity index (χ0) is 21.4. The van der Waals surface area contributed by atoms with Gasteiger partial charge in [-0.1, -0.05) is 19.9 Å². The number of hydrogen-bond donors (Lipinski definition) is 1. The Balaban J connectivity index is 2.17. The van der Waals surface area contributed by atoms with Crippen molar-refractivity contribution in [3.63, 3.8) is 0 Å². The lowest BCUT2D eigenvalue weighted by Gasteiger charge is -2.18. The third kappa shape index (κ3) is 5.33. The van der Waals surface area contributed by atoms with Crippen LogP contribution in [0.2, 0.25) is 0 Å². The number of hydrazone groups is 1. The number of hydrogen-bond acceptors (Lipinski definition) is 6. The average molecular weight is 420 g/mol. The van der Waals surface area contributed by atoms with Gasteiger partial charge in [-0.15, -0.1) is 0 Å². The summed E-state index contributed by atoms with van der Waals surface area (Å²) in [5, 5.41) is 3.94. The molecule has 0 radical (unpaired) electrons. The van der Waals surface area contributed by atoms with Gasteiger partial charge in [0, 0.05) is 30.3 Å². The van der Waals surface area contributed by atoms with Crippen molar-refractivity contribution in [1.82, 2.24) is 9.73 Å². The molecule has 0 spiro atoms. The van der Waals surface area contributed by atoms with Crippen LogP contribution in [0.5, 0.6) is 11.5 Å². The van der Waals surface area contributed by atoms with Crippen molar-refractivity contribution in [2.75, 3.05) is 27.3 Å². The molecule has 156 valence electrons. The lowest BCUT2D eigenvalue weighted by molar-refractivity contribution is 0.0955. The molecule has 0 heterocycles. The minimum absolute atomic E-state index is 0.0645. The highest BCUT2D eigenvalue weighted by atomic mass is 32.2. The van der Waals surface area contributed by atoms with Gasteiger partial charge in [0.2, 0.25) is 10.0 Å². The molecule has 0 unspecified atom stereocenters. The van der Waals surface area contributed by atoms with E-state index in [1.807, 2.05) is 0 Å². The summed E-state index contributed by atoms with van der Waals surface area (Å²) in [4.78, 5) is 12.5. The summed E-state index contributed by atoms with van der Waals surface area (Å²) in [6.45, 7) is 4.23. The second-order valence-electron chi connectivity index (χ2n) is 5.92. The Morgan fingerprint density at radius 3 is 2.45 bits per heavy atom. The van der Waals surface area contributed by atoms with E-state index < -0.39 is 15.9 Å². The van der Waals surface area contributed by atoms with Gasteiger partial charge in [0.1, 0.15) is 11.5 Å². The number of methoxy groups -OCH3 is 2. The number of amides is 1. The van der Waals surface area contributed by atoms with Gasteiger partial charge in [-0.2, -0.15) is 9.41 Å². The lowest BCUT2D eigenvalue weighted by atomic mass is 10.2. The van der Waals surface area contributed by atoms with Gasteiger partial charge >= 0.3 is 0 Å². The van der Waals surface area contributed by atoms with Crippen LogP contribution in [0.4, 0.5) is 0 Å². The molecule has 2 aromatic carbocycles. The number of carbonyl (C=O) groups excluding carboxylic acids is 1. The predicted molar refractivity (Wildman–Crippen MR) is 111 cm³/mol. The third-order valence-corrected chi connectivity index (χ3v) is 6.30. The van der Waals surface area contributed by atoms with Crippen molar-refractivity contribution >= 4 is 22.1 Å². The first-order valence-corrected chi connectivity index (χ1v) is 10.5. The van der Waals surface area contributed by atoms with Crippen molar-refractivity contribution < 1.29 is 22.7 Å². The summed E-state index contributed by atoms with van der Waals surface area (Å²) < 4.78 is 37.0. The zero-order valence-electron chi connectivity index (χ0n) is 16.9. The SMILES string of the molecule is CCN(CC)S(=O)(=O)c1cccc(C(=O)N/N=C\c2ccc(OC)cc2OC)c1. The molecule has 1 N–H and O–H groups in total. The molecule has 0 aliphatic rings. The van der Waals surface area contributed by atoms with Crippen molar-refractivity contribution in [2.24, 2.45) is 5.10 Å². The molecule has 0 saturated carbocycles. The highest BCUT2D eigenvalue weighted by Gasteiger charge is 2.22. The monoisotopic (exact) mass is 419 g/mol. The molecule has 0 bridgehead atoms. The maximum absolute atomic E-state index is 12.6. The first-order valence-electron chi connectivity index (χ1n) is 9.03. The number of ether oxygens (including phenoxy) is 2. The summed E-state index contributed by atoms with van der Waals surface area (Å²) >= 11 is 0. The number of benzene rings is 2. The molecular formula is C20H25N3O5S. The summed E-state index contributed by atoms with van der Waals surface area (Å²) in [5.74, 6) is 0.647. The Hall–Kier alpha value is -2.91. The summed E-state index contributed by atoms with van der Waals surface area (Å²) in [5.41, 5.74) is 3.24. The normalized spacial score (nSPS) is 11.6. The maximum Gasteiger partial charge on any atom is 0.271 e. The van der Waals surface area contributed by atoms with Crippen molar-refractivity contribution in [3.05, 3.63) is 53.6 Å². The van der Waals surface area contributed by atoms with E-state index >= 15 is 0 Å². The lowest BCUT2D eigenvalue weighted by Crippen LogP contribution is -2.30. The second kappa shape index (κ2) is 10.0. The van der Waals surface area contributed by atoms with E-state index in [1.54, 1.807) is 39.2 Å². The first-order chi connectivity index (χ1) is 13.9. The van der Waals surface area contributed by atoms with Gasteiger partial charge in [0.25, 0.3) is 5.91 Å². The average Bonchev–Trinajstić information content (AvgIpc) is 2.74. The van der Waals surface area contributed by atoms with E-state index in [4.69, 9.17) is 9.47 Å². The fraction of sp³-hybridized carbons (Fsp3) is 0.300. The van der Waals surface area contributed by atoms with E-state index in [2.05, 4.69) is 10.5 Å². The van der Waals surface area contributed by atoms with E-state index in [9.17, 15) is 13.2 Å². The van der Waals surface area contributed by atoms with Crippen LogP contribution in [-0.4, -0.2) is 52.2 Å². The van der Waals surface area contributed by atoms with E-state index in [0.29, 0.717) is 30.2 Å². The molecule has 2 aromatic rings. The van der Waals surface area contributed by atoms with E-state index in [1.165, 1.54) is 41.9 Å². The van der Waals surface area contributed by atoms with Gasteiger partial charge in [-0.25, -0.2) is 13.8 Å². The second-order valence-corrected chi connectivity index (χ2v) is 7.86. The van der Waals surface area contributed by atoms with Crippen molar-refractivity contribution in [1.29, 1.82) is 0 Å². The minimum atomic E-state index is -3.65. The number of nitrogens with one attached hydrogen (secondary N) is 1. The van der Waals surface area contributed by atoms with E-state index in [-0.39, 0.29) is 10.5 Å². The summed E-state index contributed by atoms with van der Waals surface area (Å²) in [6, 6.07) is 11.0. The minimum Gasteiger partial charge on any atom is -0.497 e. The third-order valence-electron chi connectivity index (χ3n) is 4.25. The predicted octanol–water partition coefficient (Wildman–Crippen LogP) is 2.50. The number of sulfonamides is 1. The molecule has 0 aliphatic heterocycles. The highest BCUT2D eigenvalue weighted by molar-refractivity contribution is 7.89. The van der Waals surface area contributed by atoms with Crippen LogP contribution < -0.4 is 14.9 Å². The van der Waals surface area contributed by atoms with Crippen LogP contribution in [0.1, 0.15) is 29.8 Å². The smallest absolute Gasteiger partial charge is 0.271 e. The van der Waals surface area contributed by atoms with Crippen LogP contribution in [0.15, 0.2) is 52.5 Å². The largest absolute Gasteiger partial charge is 0.497 e. The summed E-state index contributed by atoms with van der Waals surface area (Å²) in [6.07, 6.45) is 1.44. The molecule has 0 fully saturated rings. The van der Waals surface area contributed by atoms with Crippen molar-refractivity contribution in [3.8, 4) is 11.5 Å². The Labute approximate surface area is 171 Å². The molecule has 2 rings (SSSR count). The van der Waals surface area contributed by atoms with Gasteiger partial charge < -0.3 is 9.47 Å². The van der Waals surface area contributed by atoms with Crippen LogP contribution in [0, 0.1) is 0 Å². The maximum atomic E-state index is 12.6. The Bertz CT molecular complexity index is 985. The van der Waals surface area contributed by atoms with Crippen LogP contribution in [0.25, 0.3) is 0 Å². The Morgan fingerprint density at radius 2 is 1.83 bits per heavy atom. The van der Waals surface area contributed by atoms with Gasteiger partial charge in [0.15, 0.2) is 0 Å². The van der Waals surface area contributed by atoms with Crippen LogP contribution in [0.3, 0.4) is 0 Å². The number of carbonyl (C=O) groups is 1. The standard InChI is InChI=1S/C20H25N3O5S/c1-5-23(6-2)29(25,26)18-9-7-8-15(12-18)20(24)22-21-14-16-10-11-17(27-3)13-19(16)28-4/h7-14H,5-6H2,1-4H3,(H,22,24)/b21-14-. The Kier molecular flexibility index (Phi) is 7.74. The zero-order valence-corrected chi connectivity index (χ0v) is 17.7.